The van der Waals surface area contributed by atoms with Gasteiger partial charge in [0.15, 0.2) is 0 Å². The summed E-state index contributed by atoms with van der Waals surface area (Å²) in [4.78, 5) is 4.09. The molecule has 0 saturated heterocycles. The van der Waals surface area contributed by atoms with Crippen LogP contribution >= 0.6 is 23.2 Å². The third-order valence-electron chi connectivity index (χ3n) is 2.30. The van der Waals surface area contributed by atoms with Gasteiger partial charge >= 0.3 is 0 Å². The second kappa shape index (κ2) is 5.57. The van der Waals surface area contributed by atoms with Crippen LogP contribution in [0.2, 0.25) is 10.0 Å². The van der Waals surface area contributed by atoms with E-state index in [4.69, 9.17) is 27.9 Å². The fourth-order valence-electron chi connectivity index (χ4n) is 1.51. The molecule has 0 fully saturated rings. The molecular formula is C13H11Cl2NO2. The Morgan fingerprint density at radius 3 is 2.50 bits per heavy atom. The highest BCUT2D eigenvalue weighted by Crippen LogP contribution is 2.30. The van der Waals surface area contributed by atoms with Gasteiger partial charge in [0.2, 0.25) is 5.88 Å². The van der Waals surface area contributed by atoms with Crippen molar-refractivity contribution in [3.8, 4) is 11.6 Å². The molecule has 94 valence electrons. The van der Waals surface area contributed by atoms with Crippen molar-refractivity contribution >= 4 is 23.2 Å². The van der Waals surface area contributed by atoms with E-state index >= 15 is 0 Å². The summed E-state index contributed by atoms with van der Waals surface area (Å²) >= 11 is 11.8. The Morgan fingerprint density at radius 2 is 1.89 bits per heavy atom. The van der Waals surface area contributed by atoms with E-state index in [0.717, 1.165) is 0 Å². The minimum atomic E-state index is -0.664. The summed E-state index contributed by atoms with van der Waals surface area (Å²) in [5.41, 5.74) is 0.605. The first-order chi connectivity index (χ1) is 8.56. The minimum absolute atomic E-state index is 0.339. The maximum atomic E-state index is 9.62. The van der Waals surface area contributed by atoms with Crippen molar-refractivity contribution in [2.45, 2.75) is 13.0 Å². The predicted octanol–water partition coefficient (Wildman–Crippen LogP) is 4.23. The normalized spacial score (nSPS) is 12.2. The summed E-state index contributed by atoms with van der Waals surface area (Å²) in [5.74, 6) is 0.818. The fraction of sp³-hybridized carbons (Fsp3) is 0.154. The van der Waals surface area contributed by atoms with Crippen molar-refractivity contribution in [3.05, 3.63) is 52.1 Å². The monoisotopic (exact) mass is 283 g/mol. The zero-order chi connectivity index (χ0) is 13.1. The number of aliphatic hydroxyl groups is 1. The molecule has 2 aromatic rings. The van der Waals surface area contributed by atoms with E-state index in [2.05, 4.69) is 4.98 Å². The van der Waals surface area contributed by atoms with E-state index in [9.17, 15) is 5.11 Å². The lowest BCUT2D eigenvalue weighted by atomic mass is 10.2. The number of aromatic nitrogens is 1. The van der Waals surface area contributed by atoms with Crippen LogP contribution in [0.3, 0.4) is 0 Å². The van der Waals surface area contributed by atoms with E-state index < -0.39 is 6.10 Å². The zero-order valence-electron chi connectivity index (χ0n) is 9.60. The summed E-state index contributed by atoms with van der Waals surface area (Å²) in [7, 11) is 0. The molecule has 0 radical (unpaired) electrons. The van der Waals surface area contributed by atoms with Crippen LogP contribution in [0.1, 0.15) is 18.6 Å². The minimum Gasteiger partial charge on any atom is -0.439 e. The van der Waals surface area contributed by atoms with Gasteiger partial charge in [-0.15, -0.1) is 0 Å². The van der Waals surface area contributed by atoms with Crippen LogP contribution in [0.15, 0.2) is 36.5 Å². The van der Waals surface area contributed by atoms with Gasteiger partial charge in [-0.1, -0.05) is 23.2 Å². The van der Waals surface area contributed by atoms with E-state index in [-0.39, 0.29) is 0 Å². The fourth-order valence-corrected chi connectivity index (χ4v) is 2.01. The van der Waals surface area contributed by atoms with Crippen LogP contribution in [0.4, 0.5) is 0 Å². The second-order valence-corrected chi connectivity index (χ2v) is 4.65. The first kappa shape index (κ1) is 13.1. The molecule has 1 atom stereocenters. The second-order valence-electron chi connectivity index (χ2n) is 3.78. The summed E-state index contributed by atoms with van der Waals surface area (Å²) in [6.07, 6.45) is 0.927. The first-order valence-electron chi connectivity index (χ1n) is 5.33. The molecule has 1 heterocycles. The molecule has 2 rings (SSSR count). The highest BCUT2D eigenvalue weighted by molar-refractivity contribution is 6.34. The summed E-state index contributed by atoms with van der Waals surface area (Å²) in [6, 6.07) is 8.37. The van der Waals surface area contributed by atoms with Crippen molar-refractivity contribution in [3.63, 3.8) is 0 Å². The predicted molar refractivity (Wildman–Crippen MR) is 71.4 cm³/mol. The third-order valence-corrected chi connectivity index (χ3v) is 2.74. The Hall–Kier alpha value is -1.29. The molecule has 18 heavy (non-hydrogen) atoms. The van der Waals surface area contributed by atoms with Crippen molar-refractivity contribution in [1.29, 1.82) is 0 Å². The van der Waals surface area contributed by atoms with E-state index in [1.165, 1.54) is 0 Å². The van der Waals surface area contributed by atoms with Gasteiger partial charge in [-0.3, -0.25) is 0 Å². The Balaban J connectivity index is 2.34. The van der Waals surface area contributed by atoms with Crippen LogP contribution in [-0.2, 0) is 0 Å². The largest absolute Gasteiger partial charge is 0.439 e. The van der Waals surface area contributed by atoms with E-state index in [0.29, 0.717) is 27.2 Å². The number of pyridine rings is 1. The Bertz CT molecular complexity index is 538. The number of benzene rings is 1. The van der Waals surface area contributed by atoms with Gasteiger partial charge in [-0.2, -0.15) is 0 Å². The Morgan fingerprint density at radius 1 is 1.22 bits per heavy atom. The molecule has 0 aliphatic carbocycles. The molecule has 0 bridgehead atoms. The van der Waals surface area contributed by atoms with Crippen LogP contribution in [-0.4, -0.2) is 10.1 Å². The molecule has 1 aromatic heterocycles. The van der Waals surface area contributed by atoms with Gasteiger partial charge in [-0.25, -0.2) is 4.98 Å². The Kier molecular flexibility index (Phi) is 4.07. The van der Waals surface area contributed by atoms with Gasteiger partial charge in [0.1, 0.15) is 5.75 Å². The van der Waals surface area contributed by atoms with Crippen LogP contribution in [0.5, 0.6) is 11.6 Å². The molecule has 0 aliphatic heterocycles. The van der Waals surface area contributed by atoms with Crippen LogP contribution in [0.25, 0.3) is 0 Å². The average molecular weight is 284 g/mol. The topological polar surface area (TPSA) is 42.4 Å². The maximum absolute atomic E-state index is 9.62. The zero-order valence-corrected chi connectivity index (χ0v) is 11.1. The quantitative estimate of drug-likeness (QED) is 0.916. The molecule has 0 unspecified atom stereocenters. The molecule has 0 aliphatic rings. The first-order valence-corrected chi connectivity index (χ1v) is 6.09. The average Bonchev–Trinajstić information content (AvgIpc) is 2.27. The number of hydrogen-bond donors (Lipinski definition) is 1. The number of ether oxygens (including phenoxy) is 1. The van der Waals surface area contributed by atoms with Gasteiger partial charge in [0.25, 0.3) is 0 Å². The summed E-state index contributed by atoms with van der Waals surface area (Å²) < 4.78 is 5.59. The number of halogens is 2. The lowest BCUT2D eigenvalue weighted by molar-refractivity contribution is 0.194. The lowest BCUT2D eigenvalue weighted by Crippen LogP contribution is -1.98. The van der Waals surface area contributed by atoms with Gasteiger partial charge in [0.05, 0.1) is 6.10 Å². The van der Waals surface area contributed by atoms with Gasteiger partial charge < -0.3 is 9.84 Å². The van der Waals surface area contributed by atoms with Crippen molar-refractivity contribution in [2.24, 2.45) is 0 Å². The van der Waals surface area contributed by atoms with Crippen LogP contribution in [0, 0.1) is 0 Å². The smallest absolute Gasteiger partial charge is 0.225 e. The molecular weight excluding hydrogens is 273 g/mol. The molecule has 3 nitrogen and oxygen atoms in total. The lowest BCUT2D eigenvalue weighted by Gasteiger charge is -2.11. The molecule has 5 heteroatoms. The number of hydrogen-bond acceptors (Lipinski definition) is 3. The molecule has 1 N–H and O–H groups in total. The molecule has 1 aromatic carbocycles. The van der Waals surface area contributed by atoms with E-state index in [1.807, 2.05) is 0 Å². The summed E-state index contributed by atoms with van der Waals surface area (Å²) in [5, 5.41) is 10.6. The van der Waals surface area contributed by atoms with Gasteiger partial charge in [-0.05, 0) is 37.3 Å². The van der Waals surface area contributed by atoms with Gasteiger partial charge in [0, 0.05) is 21.8 Å². The molecule has 0 amide bonds. The highest BCUT2D eigenvalue weighted by Gasteiger charge is 2.11. The Labute approximate surface area is 115 Å². The molecule has 0 spiro atoms. The number of rotatable bonds is 3. The standard InChI is InChI=1S/C13H11Cl2NO2/c1-8(17)12-3-2-4-16-13(12)18-11-6-9(14)5-10(15)7-11/h2-8,17H,1H3/t8-/m1/s1. The third kappa shape index (κ3) is 3.13. The summed E-state index contributed by atoms with van der Waals surface area (Å²) in [6.45, 7) is 1.65. The van der Waals surface area contributed by atoms with Crippen molar-refractivity contribution < 1.29 is 9.84 Å². The maximum Gasteiger partial charge on any atom is 0.225 e. The highest BCUT2D eigenvalue weighted by atomic mass is 35.5. The number of nitrogens with zero attached hydrogens (tertiary/aromatic N) is 1. The van der Waals surface area contributed by atoms with Crippen molar-refractivity contribution in [1.82, 2.24) is 4.98 Å². The van der Waals surface area contributed by atoms with Crippen molar-refractivity contribution in [2.75, 3.05) is 0 Å². The van der Waals surface area contributed by atoms with Crippen LogP contribution < -0.4 is 4.74 Å². The van der Waals surface area contributed by atoms with E-state index in [1.54, 1.807) is 43.5 Å². The molecule has 0 saturated carbocycles. The number of aliphatic hydroxyl groups excluding tert-OH is 1. The SMILES string of the molecule is C[C@@H](O)c1cccnc1Oc1cc(Cl)cc(Cl)c1.